The number of aromatic nitrogens is 4. The van der Waals surface area contributed by atoms with Gasteiger partial charge in [-0.15, -0.1) is 0 Å². The molecule has 0 spiro atoms. The third-order valence-electron chi connectivity index (χ3n) is 4.44. The second-order valence-corrected chi connectivity index (χ2v) is 6.23. The molecule has 0 radical (unpaired) electrons. The Morgan fingerprint density at radius 3 is 2.69 bits per heavy atom. The molecule has 0 amide bonds. The number of pyridine rings is 2. The minimum absolute atomic E-state index is 0.114. The fraction of sp³-hybridized carbons (Fsp3) is 0.211. The van der Waals surface area contributed by atoms with Gasteiger partial charge >= 0.3 is 0 Å². The highest BCUT2D eigenvalue weighted by molar-refractivity contribution is 5.57. The molecule has 0 aromatic carbocycles. The molecule has 0 saturated carbocycles. The van der Waals surface area contributed by atoms with Crippen LogP contribution in [0.3, 0.4) is 0 Å². The van der Waals surface area contributed by atoms with E-state index in [1.54, 1.807) is 42.9 Å². The molecular weight excluding hydrogens is 328 g/mol. The van der Waals surface area contributed by atoms with Gasteiger partial charge in [0.2, 0.25) is 0 Å². The van der Waals surface area contributed by atoms with Crippen molar-refractivity contribution >= 4 is 5.82 Å². The van der Waals surface area contributed by atoms with Gasteiger partial charge in [-0.2, -0.15) is 10.4 Å². The van der Waals surface area contributed by atoms with Crippen LogP contribution in [0.1, 0.15) is 5.56 Å². The summed E-state index contributed by atoms with van der Waals surface area (Å²) in [4.78, 5) is 22.5. The summed E-state index contributed by atoms with van der Waals surface area (Å²) in [5.74, 6) is 0.999. The Kier molecular flexibility index (Phi) is 4.15. The van der Waals surface area contributed by atoms with E-state index in [1.807, 2.05) is 12.1 Å². The standard InChI is InChI=1S/C19H16N6O/c20-10-16-2-1-7-22-19(16)24-11-14(12-24)13-25-18(26)4-3-17(23-25)15-5-8-21-9-6-15/h1-9,14H,11-13H2. The molecule has 1 aliphatic rings. The van der Waals surface area contributed by atoms with Crippen LogP contribution in [0.25, 0.3) is 11.3 Å². The summed E-state index contributed by atoms with van der Waals surface area (Å²) < 4.78 is 1.52. The second-order valence-electron chi connectivity index (χ2n) is 6.23. The zero-order valence-corrected chi connectivity index (χ0v) is 14.0. The third kappa shape index (κ3) is 3.05. The molecule has 1 aliphatic heterocycles. The van der Waals surface area contributed by atoms with Gasteiger partial charge in [0.25, 0.3) is 5.56 Å². The quantitative estimate of drug-likeness (QED) is 0.716. The largest absolute Gasteiger partial charge is 0.355 e. The third-order valence-corrected chi connectivity index (χ3v) is 4.44. The van der Waals surface area contributed by atoms with Crippen molar-refractivity contribution in [3.63, 3.8) is 0 Å². The summed E-state index contributed by atoms with van der Waals surface area (Å²) in [5, 5.41) is 13.7. The van der Waals surface area contributed by atoms with E-state index < -0.39 is 0 Å². The van der Waals surface area contributed by atoms with Crippen LogP contribution < -0.4 is 10.5 Å². The predicted molar refractivity (Wildman–Crippen MR) is 96.4 cm³/mol. The van der Waals surface area contributed by atoms with Crippen molar-refractivity contribution in [3.05, 3.63) is 70.9 Å². The fourth-order valence-electron chi connectivity index (χ4n) is 3.10. The number of hydrogen-bond donors (Lipinski definition) is 0. The number of nitriles is 1. The van der Waals surface area contributed by atoms with Crippen LogP contribution in [-0.2, 0) is 6.54 Å². The lowest BCUT2D eigenvalue weighted by molar-refractivity contribution is 0.333. The maximum atomic E-state index is 12.1. The first kappa shape index (κ1) is 16.0. The summed E-state index contributed by atoms with van der Waals surface area (Å²) in [5.41, 5.74) is 2.13. The van der Waals surface area contributed by atoms with Gasteiger partial charge in [0.1, 0.15) is 11.9 Å². The average molecular weight is 344 g/mol. The maximum Gasteiger partial charge on any atom is 0.266 e. The Labute approximate surface area is 150 Å². The number of rotatable bonds is 4. The van der Waals surface area contributed by atoms with Gasteiger partial charge in [0, 0.05) is 49.2 Å². The van der Waals surface area contributed by atoms with Gasteiger partial charge in [-0.05, 0) is 30.3 Å². The van der Waals surface area contributed by atoms with Gasteiger partial charge in [-0.25, -0.2) is 9.67 Å². The summed E-state index contributed by atoms with van der Waals surface area (Å²) in [6.45, 7) is 2.04. The van der Waals surface area contributed by atoms with Crippen molar-refractivity contribution in [3.8, 4) is 17.3 Å². The second kappa shape index (κ2) is 6.76. The van der Waals surface area contributed by atoms with Crippen molar-refractivity contribution in [2.24, 2.45) is 5.92 Å². The highest BCUT2D eigenvalue weighted by Gasteiger charge is 2.30. The van der Waals surface area contributed by atoms with Crippen LogP contribution in [0, 0.1) is 17.2 Å². The van der Waals surface area contributed by atoms with Crippen LogP contribution in [0.2, 0.25) is 0 Å². The molecule has 128 valence electrons. The van der Waals surface area contributed by atoms with E-state index in [1.165, 1.54) is 4.68 Å². The summed E-state index contributed by atoms with van der Waals surface area (Å²) >= 11 is 0. The molecule has 4 heterocycles. The summed E-state index contributed by atoms with van der Waals surface area (Å²) in [6.07, 6.45) is 5.10. The minimum atomic E-state index is -0.114. The smallest absolute Gasteiger partial charge is 0.266 e. The highest BCUT2D eigenvalue weighted by Crippen LogP contribution is 2.26. The fourth-order valence-corrected chi connectivity index (χ4v) is 3.10. The van der Waals surface area contributed by atoms with Crippen molar-refractivity contribution < 1.29 is 0 Å². The molecule has 7 nitrogen and oxygen atoms in total. The molecule has 0 bridgehead atoms. The van der Waals surface area contributed by atoms with Crippen LogP contribution >= 0.6 is 0 Å². The molecular formula is C19H16N6O. The summed E-state index contributed by atoms with van der Waals surface area (Å²) in [6, 6.07) is 12.7. The van der Waals surface area contributed by atoms with E-state index in [2.05, 4.69) is 26.0 Å². The highest BCUT2D eigenvalue weighted by atomic mass is 16.1. The average Bonchev–Trinajstić information content (AvgIpc) is 2.66. The Bertz CT molecular complexity index is 1020. The van der Waals surface area contributed by atoms with Crippen LogP contribution in [0.4, 0.5) is 5.82 Å². The van der Waals surface area contributed by atoms with E-state index in [4.69, 9.17) is 0 Å². The van der Waals surface area contributed by atoms with Gasteiger partial charge in [0.05, 0.1) is 17.8 Å². The zero-order valence-electron chi connectivity index (χ0n) is 14.0. The van der Waals surface area contributed by atoms with Crippen LogP contribution in [0.15, 0.2) is 59.8 Å². The van der Waals surface area contributed by atoms with E-state index in [9.17, 15) is 10.1 Å². The first-order valence-electron chi connectivity index (χ1n) is 8.33. The van der Waals surface area contributed by atoms with Crippen molar-refractivity contribution in [1.29, 1.82) is 5.26 Å². The topological polar surface area (TPSA) is 87.7 Å². The Balaban J connectivity index is 1.48. The first-order chi connectivity index (χ1) is 12.7. The molecule has 0 unspecified atom stereocenters. The van der Waals surface area contributed by atoms with Crippen LogP contribution in [-0.4, -0.2) is 32.8 Å². The van der Waals surface area contributed by atoms with Gasteiger partial charge in [-0.3, -0.25) is 9.78 Å². The minimum Gasteiger partial charge on any atom is -0.355 e. The first-order valence-corrected chi connectivity index (χ1v) is 8.33. The molecule has 3 aromatic rings. The number of anilines is 1. The Morgan fingerprint density at radius 2 is 1.92 bits per heavy atom. The molecule has 1 saturated heterocycles. The van der Waals surface area contributed by atoms with Gasteiger partial charge in [0.15, 0.2) is 0 Å². The van der Waals surface area contributed by atoms with E-state index in [0.29, 0.717) is 23.8 Å². The normalized spacial score (nSPS) is 13.9. The predicted octanol–water partition coefficient (Wildman–Crippen LogP) is 1.71. The molecule has 4 rings (SSSR count). The monoisotopic (exact) mass is 344 g/mol. The maximum absolute atomic E-state index is 12.1. The molecule has 26 heavy (non-hydrogen) atoms. The number of hydrogen-bond acceptors (Lipinski definition) is 6. The summed E-state index contributed by atoms with van der Waals surface area (Å²) in [7, 11) is 0. The lowest BCUT2D eigenvalue weighted by Gasteiger charge is -2.40. The van der Waals surface area contributed by atoms with E-state index in [-0.39, 0.29) is 5.56 Å². The molecule has 7 heteroatoms. The van der Waals surface area contributed by atoms with E-state index >= 15 is 0 Å². The molecule has 0 atom stereocenters. The Hall–Kier alpha value is -3.53. The van der Waals surface area contributed by atoms with Gasteiger partial charge < -0.3 is 4.90 Å². The zero-order chi connectivity index (χ0) is 17.9. The SMILES string of the molecule is N#Cc1cccnc1N1CC(Cn2nc(-c3ccncc3)ccc2=O)C1. The molecule has 1 fully saturated rings. The molecule has 0 N–H and O–H groups in total. The molecule has 3 aromatic heterocycles. The number of nitrogens with zero attached hydrogens (tertiary/aromatic N) is 6. The van der Waals surface area contributed by atoms with Crippen molar-refractivity contribution in [2.45, 2.75) is 6.54 Å². The van der Waals surface area contributed by atoms with Gasteiger partial charge in [-0.1, -0.05) is 0 Å². The molecule has 0 aliphatic carbocycles. The van der Waals surface area contributed by atoms with Crippen molar-refractivity contribution in [2.75, 3.05) is 18.0 Å². The Morgan fingerprint density at radius 1 is 1.12 bits per heavy atom. The van der Waals surface area contributed by atoms with E-state index in [0.717, 1.165) is 24.3 Å². The lowest BCUT2D eigenvalue weighted by atomic mass is 9.99. The van der Waals surface area contributed by atoms with Crippen molar-refractivity contribution in [1.82, 2.24) is 19.7 Å². The van der Waals surface area contributed by atoms with Crippen LogP contribution in [0.5, 0.6) is 0 Å². The lowest BCUT2D eigenvalue weighted by Crippen LogP contribution is -2.50.